The third kappa shape index (κ3) is 5.01. The molecule has 0 aliphatic rings. The number of hydrogen-bond donors (Lipinski definition) is 1. The first-order chi connectivity index (χ1) is 10.8. The molecule has 0 saturated carbocycles. The SMILES string of the molecule is CC(C)(C)OC(=O)NCc1ccnc(-c2nc(Cl)c(C=O)s2)c1. The Morgan fingerprint density at radius 1 is 1.48 bits per heavy atom. The summed E-state index contributed by atoms with van der Waals surface area (Å²) in [6.07, 6.45) is 1.78. The monoisotopic (exact) mass is 353 g/mol. The summed E-state index contributed by atoms with van der Waals surface area (Å²) < 4.78 is 5.18. The maximum absolute atomic E-state index is 11.7. The lowest BCUT2D eigenvalue weighted by atomic mass is 10.2. The third-order valence-electron chi connectivity index (χ3n) is 2.60. The Bertz CT molecular complexity index is 725. The van der Waals surface area contributed by atoms with Gasteiger partial charge in [-0.25, -0.2) is 9.78 Å². The van der Waals surface area contributed by atoms with Crippen LogP contribution in [0.4, 0.5) is 4.79 Å². The highest BCUT2D eigenvalue weighted by molar-refractivity contribution is 7.17. The van der Waals surface area contributed by atoms with Crippen molar-refractivity contribution < 1.29 is 14.3 Å². The molecular formula is C15H16ClN3O3S. The van der Waals surface area contributed by atoms with Crippen LogP contribution in [0.1, 0.15) is 36.0 Å². The van der Waals surface area contributed by atoms with Crippen molar-refractivity contribution in [3.63, 3.8) is 0 Å². The molecule has 0 spiro atoms. The van der Waals surface area contributed by atoms with Crippen molar-refractivity contribution in [3.8, 4) is 10.7 Å². The molecule has 2 aromatic heterocycles. The average Bonchev–Trinajstić information content (AvgIpc) is 2.85. The number of pyridine rings is 1. The van der Waals surface area contributed by atoms with Gasteiger partial charge < -0.3 is 10.1 Å². The minimum absolute atomic E-state index is 0.166. The maximum Gasteiger partial charge on any atom is 0.407 e. The highest BCUT2D eigenvalue weighted by Gasteiger charge is 2.16. The second-order valence-corrected chi connectivity index (χ2v) is 7.09. The molecule has 23 heavy (non-hydrogen) atoms. The van der Waals surface area contributed by atoms with Crippen molar-refractivity contribution in [2.45, 2.75) is 32.9 Å². The van der Waals surface area contributed by atoms with Gasteiger partial charge in [-0.05, 0) is 38.5 Å². The van der Waals surface area contributed by atoms with Crippen LogP contribution in [0.25, 0.3) is 10.7 Å². The molecule has 6 nitrogen and oxygen atoms in total. The molecule has 0 aliphatic carbocycles. The van der Waals surface area contributed by atoms with E-state index in [1.807, 2.05) is 0 Å². The third-order valence-corrected chi connectivity index (χ3v) is 4.00. The predicted octanol–water partition coefficient (Wildman–Crippen LogP) is 3.70. The van der Waals surface area contributed by atoms with Crippen LogP contribution in [0.3, 0.4) is 0 Å². The minimum Gasteiger partial charge on any atom is -0.444 e. The minimum atomic E-state index is -0.545. The Kier molecular flexibility index (Phi) is 5.33. The van der Waals surface area contributed by atoms with E-state index in [4.69, 9.17) is 16.3 Å². The van der Waals surface area contributed by atoms with E-state index in [2.05, 4.69) is 15.3 Å². The van der Waals surface area contributed by atoms with Crippen molar-refractivity contribution in [1.29, 1.82) is 0 Å². The highest BCUT2D eigenvalue weighted by atomic mass is 35.5. The quantitative estimate of drug-likeness (QED) is 0.847. The molecule has 1 N–H and O–H groups in total. The first-order valence-electron chi connectivity index (χ1n) is 6.82. The Balaban J connectivity index is 2.08. The summed E-state index contributed by atoms with van der Waals surface area (Å²) in [5, 5.41) is 3.39. The highest BCUT2D eigenvalue weighted by Crippen LogP contribution is 2.28. The molecule has 2 heterocycles. The summed E-state index contributed by atoms with van der Waals surface area (Å²) in [5.41, 5.74) is 0.879. The van der Waals surface area contributed by atoms with Crippen molar-refractivity contribution in [2.75, 3.05) is 0 Å². The lowest BCUT2D eigenvalue weighted by molar-refractivity contribution is 0.0523. The van der Waals surface area contributed by atoms with Crippen LogP contribution in [0.15, 0.2) is 18.3 Å². The van der Waals surface area contributed by atoms with Gasteiger partial charge in [-0.2, -0.15) is 0 Å². The number of alkyl carbamates (subject to hydrolysis) is 1. The van der Waals surface area contributed by atoms with Crippen LogP contribution in [-0.2, 0) is 11.3 Å². The van der Waals surface area contributed by atoms with E-state index >= 15 is 0 Å². The zero-order valence-corrected chi connectivity index (χ0v) is 14.5. The second-order valence-electron chi connectivity index (χ2n) is 5.70. The van der Waals surface area contributed by atoms with Gasteiger partial charge in [0.15, 0.2) is 11.4 Å². The number of nitrogens with one attached hydrogen (secondary N) is 1. The number of carbonyl (C=O) groups excluding carboxylic acids is 2. The van der Waals surface area contributed by atoms with Crippen LogP contribution in [-0.4, -0.2) is 27.9 Å². The molecule has 0 radical (unpaired) electrons. The van der Waals surface area contributed by atoms with Crippen molar-refractivity contribution in [1.82, 2.24) is 15.3 Å². The van der Waals surface area contributed by atoms with E-state index in [9.17, 15) is 9.59 Å². The fourth-order valence-electron chi connectivity index (χ4n) is 1.69. The summed E-state index contributed by atoms with van der Waals surface area (Å²) in [5.74, 6) is 0. The second kappa shape index (κ2) is 7.06. The van der Waals surface area contributed by atoms with Gasteiger partial charge in [0, 0.05) is 12.7 Å². The maximum atomic E-state index is 11.7. The lowest BCUT2D eigenvalue weighted by Gasteiger charge is -2.19. The molecule has 0 bridgehead atoms. The topological polar surface area (TPSA) is 81.2 Å². The summed E-state index contributed by atoms with van der Waals surface area (Å²) in [7, 11) is 0. The van der Waals surface area contributed by atoms with Gasteiger partial charge in [0.25, 0.3) is 0 Å². The van der Waals surface area contributed by atoms with Crippen LogP contribution in [0.5, 0.6) is 0 Å². The zero-order chi connectivity index (χ0) is 17.0. The predicted molar refractivity (Wildman–Crippen MR) is 88.8 cm³/mol. The Morgan fingerprint density at radius 3 is 2.83 bits per heavy atom. The fourth-order valence-corrected chi connectivity index (χ4v) is 2.72. The van der Waals surface area contributed by atoms with Crippen LogP contribution >= 0.6 is 22.9 Å². The molecular weight excluding hydrogens is 338 g/mol. The number of rotatable bonds is 4. The molecule has 2 rings (SSSR count). The van der Waals surface area contributed by atoms with E-state index in [0.717, 1.165) is 5.56 Å². The molecule has 0 fully saturated rings. The normalized spacial score (nSPS) is 11.1. The molecule has 122 valence electrons. The van der Waals surface area contributed by atoms with Gasteiger partial charge in [0.2, 0.25) is 0 Å². The Morgan fingerprint density at radius 2 is 2.22 bits per heavy atom. The summed E-state index contributed by atoms with van der Waals surface area (Å²) in [4.78, 5) is 31.2. The first kappa shape index (κ1) is 17.4. The average molecular weight is 354 g/mol. The van der Waals surface area contributed by atoms with Crippen LogP contribution in [0, 0.1) is 0 Å². The lowest BCUT2D eigenvalue weighted by Crippen LogP contribution is -2.32. The number of nitrogens with zero attached hydrogens (tertiary/aromatic N) is 2. The number of carbonyl (C=O) groups is 2. The standard InChI is InChI=1S/C15H16ClN3O3S/c1-15(2,3)22-14(21)18-7-9-4-5-17-10(6-9)13-19-12(16)11(8-20)23-13/h4-6,8H,7H2,1-3H3,(H,18,21). The summed E-state index contributed by atoms with van der Waals surface area (Å²) >= 11 is 7.03. The van der Waals surface area contributed by atoms with E-state index < -0.39 is 11.7 Å². The zero-order valence-electron chi connectivity index (χ0n) is 12.9. The Hall–Kier alpha value is -1.99. The molecule has 0 unspecified atom stereocenters. The number of thiazole rings is 1. The van der Waals surface area contributed by atoms with E-state index in [1.54, 1.807) is 39.1 Å². The fraction of sp³-hybridized carbons (Fsp3) is 0.333. The number of ether oxygens (including phenoxy) is 1. The van der Waals surface area contributed by atoms with Crippen molar-refractivity contribution in [3.05, 3.63) is 33.9 Å². The summed E-state index contributed by atoms with van der Waals surface area (Å²) in [6.45, 7) is 5.69. The molecule has 0 aliphatic heterocycles. The van der Waals surface area contributed by atoms with Gasteiger partial charge in [-0.1, -0.05) is 11.6 Å². The van der Waals surface area contributed by atoms with Gasteiger partial charge >= 0.3 is 6.09 Å². The Labute approximate surface area is 142 Å². The first-order valence-corrected chi connectivity index (χ1v) is 8.01. The van der Waals surface area contributed by atoms with Crippen LogP contribution < -0.4 is 5.32 Å². The largest absolute Gasteiger partial charge is 0.444 e. The number of amides is 1. The van der Waals surface area contributed by atoms with Gasteiger partial charge in [-0.3, -0.25) is 9.78 Å². The van der Waals surface area contributed by atoms with Crippen molar-refractivity contribution in [2.24, 2.45) is 0 Å². The van der Waals surface area contributed by atoms with E-state index in [-0.39, 0.29) is 5.15 Å². The molecule has 2 aromatic rings. The number of halogens is 1. The molecule has 0 aromatic carbocycles. The van der Waals surface area contributed by atoms with E-state index in [0.29, 0.717) is 28.4 Å². The smallest absolute Gasteiger partial charge is 0.407 e. The molecule has 0 atom stereocenters. The van der Waals surface area contributed by atoms with Gasteiger partial charge in [0.1, 0.15) is 15.5 Å². The molecule has 0 saturated heterocycles. The molecule has 8 heteroatoms. The summed E-state index contributed by atoms with van der Waals surface area (Å²) in [6, 6.07) is 3.55. The van der Waals surface area contributed by atoms with Gasteiger partial charge in [0.05, 0.1) is 5.69 Å². The molecule has 1 amide bonds. The van der Waals surface area contributed by atoms with Crippen LogP contribution in [0.2, 0.25) is 5.15 Å². The van der Waals surface area contributed by atoms with Crippen molar-refractivity contribution >= 4 is 35.3 Å². The number of hydrogen-bond acceptors (Lipinski definition) is 6. The van der Waals surface area contributed by atoms with E-state index in [1.165, 1.54) is 11.3 Å². The van der Waals surface area contributed by atoms with Gasteiger partial charge in [-0.15, -0.1) is 11.3 Å². The number of aromatic nitrogens is 2. The number of aldehydes is 1.